The van der Waals surface area contributed by atoms with Crippen LogP contribution < -0.4 is 5.73 Å². The van der Waals surface area contributed by atoms with E-state index in [1.807, 2.05) is 0 Å². The Morgan fingerprint density at radius 1 is 1.57 bits per heavy atom. The fourth-order valence-corrected chi connectivity index (χ4v) is 3.06. The van der Waals surface area contributed by atoms with E-state index in [1.165, 1.54) is 4.31 Å². The minimum atomic E-state index is -3.09. The number of nitrogens with two attached hydrogens (primary N) is 1. The Bertz CT molecular complexity index is 266. The number of nitrogens with zero attached hydrogens (tertiary/aromatic N) is 1. The Kier molecular flexibility index (Phi) is 4.31. The van der Waals surface area contributed by atoms with Crippen LogP contribution in [0.25, 0.3) is 0 Å². The Morgan fingerprint density at radius 2 is 2.29 bits per heavy atom. The van der Waals surface area contributed by atoms with E-state index < -0.39 is 10.0 Å². The SMILES string of the molecule is COCCCS(=O)(=O)N1CCC(N)C1. The second-order valence-electron chi connectivity index (χ2n) is 3.57. The average Bonchev–Trinajstić information content (AvgIpc) is 2.53. The van der Waals surface area contributed by atoms with Crippen molar-refractivity contribution in [1.82, 2.24) is 4.31 Å². The summed E-state index contributed by atoms with van der Waals surface area (Å²) >= 11 is 0. The minimum absolute atomic E-state index is 0.00667. The van der Waals surface area contributed by atoms with Crippen molar-refractivity contribution in [2.75, 3.05) is 32.6 Å². The molecule has 1 aliphatic rings. The lowest BCUT2D eigenvalue weighted by Gasteiger charge is -2.15. The molecule has 0 aliphatic carbocycles. The summed E-state index contributed by atoms with van der Waals surface area (Å²) in [4.78, 5) is 0. The molecule has 2 N–H and O–H groups in total. The summed E-state index contributed by atoms with van der Waals surface area (Å²) in [5, 5.41) is 0. The van der Waals surface area contributed by atoms with Crippen molar-refractivity contribution in [3.63, 3.8) is 0 Å². The first kappa shape index (κ1) is 11.9. The summed E-state index contributed by atoms with van der Waals surface area (Å²) < 4.78 is 29.6. The summed E-state index contributed by atoms with van der Waals surface area (Å²) in [6, 6.07) is 0.00667. The number of sulfonamides is 1. The predicted octanol–water partition coefficient (Wildman–Crippen LogP) is -0.614. The molecule has 14 heavy (non-hydrogen) atoms. The highest BCUT2D eigenvalue weighted by Gasteiger charge is 2.28. The molecule has 1 fully saturated rings. The molecule has 0 amide bonds. The molecule has 0 saturated carbocycles. The normalized spacial score (nSPS) is 24.3. The van der Waals surface area contributed by atoms with Gasteiger partial charge in [-0.05, 0) is 12.8 Å². The van der Waals surface area contributed by atoms with E-state index in [0.717, 1.165) is 6.42 Å². The van der Waals surface area contributed by atoms with E-state index in [0.29, 0.717) is 26.1 Å². The highest BCUT2D eigenvalue weighted by atomic mass is 32.2. The summed E-state index contributed by atoms with van der Waals surface area (Å²) in [6.45, 7) is 1.52. The van der Waals surface area contributed by atoms with E-state index >= 15 is 0 Å². The van der Waals surface area contributed by atoms with E-state index in [9.17, 15) is 8.42 Å². The molecule has 6 heteroatoms. The van der Waals surface area contributed by atoms with Gasteiger partial charge in [-0.3, -0.25) is 0 Å². The van der Waals surface area contributed by atoms with Crippen LogP contribution in [-0.2, 0) is 14.8 Å². The van der Waals surface area contributed by atoms with Crippen LogP contribution in [-0.4, -0.2) is 51.3 Å². The molecule has 0 spiro atoms. The van der Waals surface area contributed by atoms with Crippen molar-refractivity contribution in [2.45, 2.75) is 18.9 Å². The van der Waals surface area contributed by atoms with Crippen molar-refractivity contribution in [3.05, 3.63) is 0 Å². The van der Waals surface area contributed by atoms with Crippen molar-refractivity contribution < 1.29 is 13.2 Å². The fourth-order valence-electron chi connectivity index (χ4n) is 1.52. The van der Waals surface area contributed by atoms with E-state index in [1.54, 1.807) is 7.11 Å². The van der Waals surface area contributed by atoms with Gasteiger partial charge in [0.1, 0.15) is 0 Å². The Morgan fingerprint density at radius 3 is 2.79 bits per heavy atom. The van der Waals surface area contributed by atoms with E-state index in [2.05, 4.69) is 0 Å². The van der Waals surface area contributed by atoms with Crippen LogP contribution in [0.5, 0.6) is 0 Å². The number of methoxy groups -OCH3 is 1. The Balaban J connectivity index is 2.41. The van der Waals surface area contributed by atoms with Gasteiger partial charge in [0.25, 0.3) is 0 Å². The van der Waals surface area contributed by atoms with Crippen molar-refractivity contribution in [3.8, 4) is 0 Å². The molecule has 1 saturated heterocycles. The summed E-state index contributed by atoms with van der Waals surface area (Å²) in [5.41, 5.74) is 5.65. The molecule has 0 aromatic rings. The van der Waals surface area contributed by atoms with Crippen molar-refractivity contribution >= 4 is 10.0 Å². The minimum Gasteiger partial charge on any atom is -0.385 e. The third kappa shape index (κ3) is 3.20. The molecule has 5 nitrogen and oxygen atoms in total. The molecular weight excluding hydrogens is 204 g/mol. The zero-order valence-corrected chi connectivity index (χ0v) is 9.29. The largest absolute Gasteiger partial charge is 0.385 e. The molecule has 1 unspecified atom stereocenters. The molecule has 0 radical (unpaired) electrons. The number of hydrogen-bond acceptors (Lipinski definition) is 4. The highest BCUT2D eigenvalue weighted by Crippen LogP contribution is 2.13. The second kappa shape index (κ2) is 5.06. The monoisotopic (exact) mass is 222 g/mol. The highest BCUT2D eigenvalue weighted by molar-refractivity contribution is 7.89. The molecule has 1 rings (SSSR count). The number of rotatable bonds is 5. The lowest BCUT2D eigenvalue weighted by atomic mass is 10.3. The summed E-state index contributed by atoms with van der Waals surface area (Å²) in [7, 11) is -1.52. The topological polar surface area (TPSA) is 72.6 Å². The molecule has 0 aromatic heterocycles. The molecule has 0 bridgehead atoms. The lowest BCUT2D eigenvalue weighted by molar-refractivity contribution is 0.199. The molecule has 1 atom stereocenters. The maximum Gasteiger partial charge on any atom is 0.214 e. The number of hydrogen-bond donors (Lipinski definition) is 1. The third-order valence-corrected chi connectivity index (χ3v) is 4.25. The van der Waals surface area contributed by atoms with Crippen molar-refractivity contribution in [1.29, 1.82) is 0 Å². The predicted molar refractivity (Wildman–Crippen MR) is 54.4 cm³/mol. The van der Waals surface area contributed by atoms with Gasteiger partial charge in [0.05, 0.1) is 5.75 Å². The van der Waals surface area contributed by atoms with Crippen LogP contribution in [0.2, 0.25) is 0 Å². The zero-order valence-electron chi connectivity index (χ0n) is 8.48. The molecule has 1 aliphatic heterocycles. The van der Waals surface area contributed by atoms with Gasteiger partial charge in [-0.15, -0.1) is 0 Å². The Hall–Kier alpha value is -0.170. The van der Waals surface area contributed by atoms with Gasteiger partial charge in [0.2, 0.25) is 10.0 Å². The molecule has 84 valence electrons. The van der Waals surface area contributed by atoms with E-state index in [4.69, 9.17) is 10.5 Å². The smallest absolute Gasteiger partial charge is 0.214 e. The van der Waals surface area contributed by atoms with Gasteiger partial charge >= 0.3 is 0 Å². The van der Waals surface area contributed by atoms with Gasteiger partial charge in [-0.2, -0.15) is 0 Å². The van der Waals surface area contributed by atoms with Crippen LogP contribution >= 0.6 is 0 Å². The molecule has 1 heterocycles. The zero-order chi connectivity index (χ0) is 10.6. The molecular formula is C8H18N2O3S. The van der Waals surface area contributed by atoms with Crippen molar-refractivity contribution in [2.24, 2.45) is 5.73 Å². The van der Waals surface area contributed by atoms with Crippen LogP contribution in [0.4, 0.5) is 0 Å². The van der Waals surface area contributed by atoms with Gasteiger partial charge in [0, 0.05) is 32.8 Å². The first-order valence-corrected chi connectivity index (χ1v) is 6.39. The Labute approximate surface area is 85.3 Å². The quantitative estimate of drug-likeness (QED) is 0.630. The van der Waals surface area contributed by atoms with Gasteiger partial charge < -0.3 is 10.5 Å². The van der Waals surface area contributed by atoms with Crippen LogP contribution in [0.3, 0.4) is 0 Å². The summed E-state index contributed by atoms with van der Waals surface area (Å²) in [5.74, 6) is 0.160. The summed E-state index contributed by atoms with van der Waals surface area (Å²) in [6.07, 6.45) is 1.31. The standard InChI is InChI=1S/C8H18N2O3S/c1-13-5-2-6-14(11,12)10-4-3-8(9)7-10/h8H,2-7,9H2,1H3. The third-order valence-electron chi connectivity index (χ3n) is 2.33. The van der Waals surface area contributed by atoms with Crippen LogP contribution in [0, 0.1) is 0 Å². The van der Waals surface area contributed by atoms with Gasteiger partial charge in [-0.25, -0.2) is 12.7 Å². The maximum atomic E-state index is 11.7. The first-order valence-electron chi connectivity index (χ1n) is 4.78. The van der Waals surface area contributed by atoms with Gasteiger partial charge in [0.15, 0.2) is 0 Å². The number of ether oxygens (including phenoxy) is 1. The average molecular weight is 222 g/mol. The van der Waals surface area contributed by atoms with Crippen LogP contribution in [0.15, 0.2) is 0 Å². The van der Waals surface area contributed by atoms with E-state index in [-0.39, 0.29) is 11.8 Å². The van der Waals surface area contributed by atoms with Gasteiger partial charge in [-0.1, -0.05) is 0 Å². The van der Waals surface area contributed by atoms with Crippen LogP contribution in [0.1, 0.15) is 12.8 Å². The lowest BCUT2D eigenvalue weighted by Crippen LogP contribution is -2.33. The first-order chi connectivity index (χ1) is 6.56. The second-order valence-corrected chi connectivity index (χ2v) is 5.66. The fraction of sp³-hybridized carbons (Fsp3) is 1.00. The molecule has 0 aromatic carbocycles. The maximum absolute atomic E-state index is 11.7.